The lowest BCUT2D eigenvalue weighted by Gasteiger charge is -2.06. The molecular formula is C7H9N5O3. The third-order valence-electron chi connectivity index (χ3n) is 1.53. The summed E-state index contributed by atoms with van der Waals surface area (Å²) in [5.41, 5.74) is 7.02. The van der Waals surface area contributed by atoms with Gasteiger partial charge in [-0.1, -0.05) is 0 Å². The average Bonchev–Trinajstić information content (AvgIpc) is 2.26. The largest absolute Gasteiger partial charge is 0.347 e. The van der Waals surface area contributed by atoms with Gasteiger partial charge in [-0.15, -0.1) is 0 Å². The summed E-state index contributed by atoms with van der Waals surface area (Å²) in [5, 5.41) is 10.3. The number of benzene rings is 1. The number of carbonyl (C=O) groups is 1. The zero-order valence-corrected chi connectivity index (χ0v) is 7.56. The number of nitro groups is 1. The molecule has 5 N–H and O–H groups in total. The van der Waals surface area contributed by atoms with Gasteiger partial charge in [0, 0.05) is 12.1 Å². The number of nitrogens with two attached hydrogens (primary N) is 1. The van der Waals surface area contributed by atoms with E-state index in [0.717, 1.165) is 0 Å². The Hall–Kier alpha value is -2.35. The maximum Gasteiger partial charge on any atom is 0.347 e. The van der Waals surface area contributed by atoms with E-state index in [1.54, 1.807) is 0 Å². The SMILES string of the molecule is NNC(=O)NNc1ccc([N+](=O)[O-])cc1. The summed E-state index contributed by atoms with van der Waals surface area (Å²) in [6.07, 6.45) is 0. The van der Waals surface area contributed by atoms with Crippen LogP contribution in [0.25, 0.3) is 0 Å². The Labute approximate surface area is 84.5 Å². The molecule has 0 aliphatic heterocycles. The van der Waals surface area contributed by atoms with Gasteiger partial charge in [0.05, 0.1) is 10.6 Å². The Morgan fingerprint density at radius 1 is 1.33 bits per heavy atom. The van der Waals surface area contributed by atoms with Crippen LogP contribution < -0.4 is 22.1 Å². The minimum absolute atomic E-state index is 0.0242. The fourth-order valence-corrected chi connectivity index (χ4v) is 0.831. The summed E-state index contributed by atoms with van der Waals surface area (Å²) in [4.78, 5) is 20.4. The number of nitrogens with zero attached hydrogens (tertiary/aromatic N) is 1. The third kappa shape index (κ3) is 3.12. The molecule has 8 heteroatoms. The van der Waals surface area contributed by atoms with E-state index in [9.17, 15) is 14.9 Å². The molecular weight excluding hydrogens is 202 g/mol. The second-order valence-electron chi connectivity index (χ2n) is 2.53. The van der Waals surface area contributed by atoms with Crippen molar-refractivity contribution in [1.29, 1.82) is 0 Å². The van der Waals surface area contributed by atoms with Gasteiger partial charge < -0.3 is 0 Å². The highest BCUT2D eigenvalue weighted by molar-refractivity contribution is 5.74. The van der Waals surface area contributed by atoms with E-state index in [1.165, 1.54) is 24.3 Å². The van der Waals surface area contributed by atoms with E-state index in [2.05, 4.69) is 10.9 Å². The lowest BCUT2D eigenvalue weighted by Crippen LogP contribution is -2.42. The van der Waals surface area contributed by atoms with Crippen LogP contribution in [0.3, 0.4) is 0 Å². The smallest absolute Gasteiger partial charge is 0.297 e. The van der Waals surface area contributed by atoms with Crippen LogP contribution in [0.15, 0.2) is 24.3 Å². The zero-order valence-electron chi connectivity index (χ0n) is 7.56. The molecule has 0 aromatic heterocycles. The van der Waals surface area contributed by atoms with Gasteiger partial charge in [0.25, 0.3) is 5.69 Å². The number of hydrazine groups is 2. The molecule has 0 fully saturated rings. The molecule has 8 nitrogen and oxygen atoms in total. The van der Waals surface area contributed by atoms with E-state index in [4.69, 9.17) is 5.84 Å². The molecule has 0 saturated carbocycles. The lowest BCUT2D eigenvalue weighted by atomic mass is 10.3. The first-order valence-corrected chi connectivity index (χ1v) is 3.90. The number of anilines is 1. The van der Waals surface area contributed by atoms with Crippen molar-refractivity contribution in [3.8, 4) is 0 Å². The minimum atomic E-state index is -0.617. The highest BCUT2D eigenvalue weighted by Gasteiger charge is 2.03. The Kier molecular flexibility index (Phi) is 3.41. The van der Waals surface area contributed by atoms with Crippen LogP contribution in [-0.2, 0) is 0 Å². The molecule has 0 unspecified atom stereocenters. The second-order valence-corrected chi connectivity index (χ2v) is 2.53. The van der Waals surface area contributed by atoms with Crippen molar-refractivity contribution in [2.24, 2.45) is 5.84 Å². The molecule has 0 bridgehead atoms. The summed E-state index contributed by atoms with van der Waals surface area (Å²) in [5.74, 6) is 4.81. The van der Waals surface area contributed by atoms with E-state index >= 15 is 0 Å². The minimum Gasteiger partial charge on any atom is -0.297 e. The first kappa shape index (κ1) is 10.7. The van der Waals surface area contributed by atoms with Gasteiger partial charge in [0.1, 0.15) is 0 Å². The van der Waals surface area contributed by atoms with Gasteiger partial charge in [-0.3, -0.25) is 26.4 Å². The summed E-state index contributed by atoms with van der Waals surface area (Å²) in [6, 6.07) is 4.91. The molecule has 0 saturated heterocycles. The van der Waals surface area contributed by atoms with E-state index in [1.807, 2.05) is 5.43 Å². The van der Waals surface area contributed by atoms with Gasteiger partial charge >= 0.3 is 6.03 Å². The summed E-state index contributed by atoms with van der Waals surface area (Å²) in [7, 11) is 0. The summed E-state index contributed by atoms with van der Waals surface area (Å²) in [6.45, 7) is 0. The quantitative estimate of drug-likeness (QED) is 0.244. The van der Waals surface area contributed by atoms with Crippen molar-refractivity contribution in [1.82, 2.24) is 10.9 Å². The Morgan fingerprint density at radius 2 is 1.93 bits per heavy atom. The molecule has 0 radical (unpaired) electrons. The second kappa shape index (κ2) is 4.77. The highest BCUT2D eigenvalue weighted by Crippen LogP contribution is 2.14. The first-order valence-electron chi connectivity index (χ1n) is 3.90. The molecule has 0 heterocycles. The van der Waals surface area contributed by atoms with Crippen molar-refractivity contribution in [3.63, 3.8) is 0 Å². The van der Waals surface area contributed by atoms with Crippen molar-refractivity contribution < 1.29 is 9.72 Å². The average molecular weight is 211 g/mol. The third-order valence-corrected chi connectivity index (χ3v) is 1.53. The molecule has 0 spiro atoms. The van der Waals surface area contributed by atoms with Crippen LogP contribution in [0.1, 0.15) is 0 Å². The van der Waals surface area contributed by atoms with Gasteiger partial charge in [0.2, 0.25) is 0 Å². The van der Waals surface area contributed by atoms with Crippen molar-refractivity contribution in [2.45, 2.75) is 0 Å². The molecule has 0 atom stereocenters. The predicted molar refractivity (Wildman–Crippen MR) is 52.6 cm³/mol. The first-order chi connectivity index (χ1) is 7.13. The van der Waals surface area contributed by atoms with Crippen molar-refractivity contribution in [3.05, 3.63) is 34.4 Å². The molecule has 0 aliphatic rings. The summed E-state index contributed by atoms with van der Waals surface area (Å²) >= 11 is 0. The van der Waals surface area contributed by atoms with Gasteiger partial charge in [-0.2, -0.15) is 0 Å². The number of hydrogen-bond donors (Lipinski definition) is 4. The van der Waals surface area contributed by atoms with Gasteiger partial charge in [-0.25, -0.2) is 10.6 Å². The molecule has 15 heavy (non-hydrogen) atoms. The van der Waals surface area contributed by atoms with Crippen LogP contribution in [-0.4, -0.2) is 11.0 Å². The molecule has 1 rings (SSSR count). The molecule has 2 amide bonds. The molecule has 80 valence electrons. The maximum absolute atomic E-state index is 10.6. The van der Waals surface area contributed by atoms with Gasteiger partial charge in [-0.05, 0) is 12.1 Å². The Morgan fingerprint density at radius 3 is 2.40 bits per heavy atom. The standard InChI is InChI=1S/C7H9N5O3/c8-9-7(13)11-10-5-1-3-6(4-2-5)12(14)15/h1-4,10H,8H2,(H2,9,11,13). The number of nitrogens with one attached hydrogen (secondary N) is 3. The number of carbonyl (C=O) groups excluding carboxylic acids is 1. The van der Waals surface area contributed by atoms with Crippen LogP contribution in [0.4, 0.5) is 16.2 Å². The maximum atomic E-state index is 10.6. The molecule has 1 aromatic rings. The van der Waals surface area contributed by atoms with E-state index < -0.39 is 11.0 Å². The lowest BCUT2D eigenvalue weighted by molar-refractivity contribution is -0.384. The van der Waals surface area contributed by atoms with Crippen molar-refractivity contribution in [2.75, 3.05) is 5.43 Å². The number of rotatable bonds is 3. The summed E-state index contributed by atoms with van der Waals surface area (Å²) < 4.78 is 0. The number of urea groups is 1. The van der Waals surface area contributed by atoms with Crippen LogP contribution in [0.2, 0.25) is 0 Å². The predicted octanol–water partition coefficient (Wildman–Crippen LogP) is 0.0946. The number of hydrogen-bond acceptors (Lipinski definition) is 5. The fourth-order valence-electron chi connectivity index (χ4n) is 0.831. The number of non-ortho nitro benzene ring substituents is 1. The topological polar surface area (TPSA) is 122 Å². The van der Waals surface area contributed by atoms with Crippen LogP contribution in [0, 0.1) is 10.1 Å². The number of amides is 2. The van der Waals surface area contributed by atoms with Crippen LogP contribution >= 0.6 is 0 Å². The molecule has 1 aromatic carbocycles. The molecule has 0 aliphatic carbocycles. The van der Waals surface area contributed by atoms with E-state index in [-0.39, 0.29) is 5.69 Å². The monoisotopic (exact) mass is 211 g/mol. The van der Waals surface area contributed by atoms with Gasteiger partial charge in [0.15, 0.2) is 0 Å². The highest BCUT2D eigenvalue weighted by atomic mass is 16.6. The fraction of sp³-hybridized carbons (Fsp3) is 0. The Balaban J connectivity index is 2.57. The van der Waals surface area contributed by atoms with E-state index in [0.29, 0.717) is 5.69 Å². The zero-order chi connectivity index (χ0) is 11.3. The van der Waals surface area contributed by atoms with Crippen LogP contribution in [0.5, 0.6) is 0 Å². The normalized spacial score (nSPS) is 9.13. The Bertz CT molecular complexity index is 363. The van der Waals surface area contributed by atoms with Crippen molar-refractivity contribution >= 4 is 17.4 Å². The number of nitro benzene ring substituents is 1.